The Morgan fingerprint density at radius 1 is 1.41 bits per heavy atom. The fourth-order valence-electron chi connectivity index (χ4n) is 2.22. The number of hydrogen-bond donors (Lipinski definition) is 2. The van der Waals surface area contributed by atoms with E-state index in [0.717, 1.165) is 49.6 Å². The lowest BCUT2D eigenvalue weighted by Gasteiger charge is -2.11. The highest BCUT2D eigenvalue weighted by molar-refractivity contribution is 5.98. The summed E-state index contributed by atoms with van der Waals surface area (Å²) >= 11 is 0. The van der Waals surface area contributed by atoms with Crippen LogP contribution >= 0.6 is 0 Å². The molecule has 1 aromatic heterocycles. The molecule has 0 aromatic carbocycles. The number of hydrogen-bond acceptors (Lipinski definition) is 3. The third-order valence-electron chi connectivity index (χ3n) is 3.56. The second-order valence-corrected chi connectivity index (χ2v) is 5.50. The number of nitrogens with one attached hydrogen (secondary N) is 1. The molecule has 0 saturated carbocycles. The van der Waals surface area contributed by atoms with Gasteiger partial charge in [-0.15, -0.1) is 0 Å². The first-order valence-corrected chi connectivity index (χ1v) is 7.76. The molecule has 0 fully saturated rings. The van der Waals surface area contributed by atoms with E-state index in [2.05, 4.69) is 39.6 Å². The van der Waals surface area contributed by atoms with Gasteiger partial charge in [-0.3, -0.25) is 4.99 Å². The van der Waals surface area contributed by atoms with E-state index in [1.807, 2.05) is 36.9 Å². The molecular weight excluding hydrogens is 274 g/mol. The molecule has 0 unspecified atom stereocenters. The maximum atomic E-state index is 6.25. The molecule has 0 bridgehead atoms. The minimum atomic E-state index is 0.726. The van der Waals surface area contributed by atoms with Crippen LogP contribution in [0.15, 0.2) is 59.3 Å². The van der Waals surface area contributed by atoms with Gasteiger partial charge in [-0.25, -0.2) is 9.13 Å². The third-order valence-corrected chi connectivity index (χ3v) is 3.56. The molecule has 2 heterocycles. The van der Waals surface area contributed by atoms with E-state index in [0.29, 0.717) is 0 Å². The van der Waals surface area contributed by atoms with Crippen LogP contribution in [0.5, 0.6) is 0 Å². The Hall–Kier alpha value is -2.30. The van der Waals surface area contributed by atoms with E-state index in [1.165, 1.54) is 0 Å². The lowest BCUT2D eigenvalue weighted by molar-refractivity contribution is -0.671. The summed E-state index contributed by atoms with van der Waals surface area (Å²) in [6.45, 7) is 4.48. The van der Waals surface area contributed by atoms with E-state index >= 15 is 0 Å². The summed E-state index contributed by atoms with van der Waals surface area (Å²) in [5.41, 5.74) is 8.01. The van der Waals surface area contributed by atoms with Crippen LogP contribution < -0.4 is 15.6 Å². The molecule has 0 saturated heterocycles. The molecule has 5 heteroatoms. The third kappa shape index (κ3) is 4.91. The van der Waals surface area contributed by atoms with Crippen molar-refractivity contribution in [1.29, 1.82) is 0 Å². The SMILES string of the molecule is CC1=C(N)\C(NCCn2cc[n+](C)c2)=N/CCC/C=C/C=C\1. The molecule has 22 heavy (non-hydrogen) atoms. The number of amidine groups is 1. The highest BCUT2D eigenvalue weighted by atomic mass is 15.1. The molecule has 1 aromatic rings. The van der Waals surface area contributed by atoms with Gasteiger partial charge in [0.2, 0.25) is 6.33 Å². The zero-order chi connectivity index (χ0) is 15.8. The Labute approximate surface area is 132 Å². The lowest BCUT2D eigenvalue weighted by Crippen LogP contribution is -2.33. The van der Waals surface area contributed by atoms with Crippen LogP contribution in [-0.4, -0.2) is 23.5 Å². The predicted molar refractivity (Wildman–Crippen MR) is 90.3 cm³/mol. The minimum Gasteiger partial charge on any atom is -0.396 e. The molecule has 0 aliphatic carbocycles. The number of aryl methyl sites for hydroxylation is 1. The molecule has 5 nitrogen and oxygen atoms in total. The fourth-order valence-corrected chi connectivity index (χ4v) is 2.22. The maximum absolute atomic E-state index is 6.25. The Morgan fingerprint density at radius 3 is 3.05 bits per heavy atom. The normalized spacial score (nSPS) is 24.9. The van der Waals surface area contributed by atoms with Crippen molar-refractivity contribution in [3.8, 4) is 0 Å². The number of allylic oxidation sites excluding steroid dienone is 5. The maximum Gasteiger partial charge on any atom is 0.243 e. The molecule has 3 N–H and O–H groups in total. The highest BCUT2D eigenvalue weighted by Crippen LogP contribution is 2.04. The van der Waals surface area contributed by atoms with Crippen LogP contribution in [0, 0.1) is 0 Å². The largest absolute Gasteiger partial charge is 0.396 e. The van der Waals surface area contributed by atoms with E-state index in [1.54, 1.807) is 0 Å². The predicted octanol–water partition coefficient (Wildman–Crippen LogP) is 1.44. The van der Waals surface area contributed by atoms with Crippen LogP contribution in [0.3, 0.4) is 0 Å². The van der Waals surface area contributed by atoms with Gasteiger partial charge >= 0.3 is 0 Å². The van der Waals surface area contributed by atoms with E-state index in [-0.39, 0.29) is 0 Å². The number of aromatic nitrogens is 2. The molecule has 1 aliphatic rings. The summed E-state index contributed by atoms with van der Waals surface area (Å²) in [4.78, 5) is 4.63. The van der Waals surface area contributed by atoms with Gasteiger partial charge in [0.05, 0.1) is 19.3 Å². The highest BCUT2D eigenvalue weighted by Gasteiger charge is 2.07. The second-order valence-electron chi connectivity index (χ2n) is 5.50. The first-order valence-electron chi connectivity index (χ1n) is 7.76. The molecule has 1 aliphatic heterocycles. The summed E-state index contributed by atoms with van der Waals surface area (Å²) in [7, 11) is 2.02. The topological polar surface area (TPSA) is 59.2 Å². The Bertz CT molecular complexity index is 604. The molecule has 0 atom stereocenters. The van der Waals surface area contributed by atoms with Crippen molar-refractivity contribution >= 4 is 5.84 Å². The molecule has 2 rings (SSSR count). The first-order chi connectivity index (χ1) is 10.7. The van der Waals surface area contributed by atoms with Crippen LogP contribution in [0.1, 0.15) is 19.8 Å². The van der Waals surface area contributed by atoms with E-state index in [4.69, 9.17) is 5.73 Å². The van der Waals surface area contributed by atoms with Crippen LogP contribution in [0.25, 0.3) is 0 Å². The summed E-state index contributed by atoms with van der Waals surface area (Å²) in [6, 6.07) is 0. The smallest absolute Gasteiger partial charge is 0.243 e. The van der Waals surface area contributed by atoms with Gasteiger partial charge in [-0.1, -0.05) is 24.3 Å². The Balaban J connectivity index is 2.01. The van der Waals surface area contributed by atoms with Crippen LogP contribution in [0.2, 0.25) is 0 Å². The van der Waals surface area contributed by atoms with Crippen LogP contribution in [0.4, 0.5) is 0 Å². The second kappa shape index (κ2) is 8.22. The average Bonchev–Trinajstić information content (AvgIpc) is 2.90. The zero-order valence-electron chi connectivity index (χ0n) is 13.5. The molecule has 0 radical (unpaired) electrons. The number of nitrogens with two attached hydrogens (primary N) is 1. The standard InChI is InChI=1S/C17H26N5/c1-15-8-6-4-3-5-7-9-19-17(16(15)18)20-10-11-22-13-12-21(2)14-22/h3-4,6,8,12-14H,5,7,9-11,18H2,1-2H3,(H,19,20)/q+1/b4-3+,8-6-,16-15-. The van der Waals surface area contributed by atoms with Crippen molar-refractivity contribution in [2.75, 3.05) is 13.1 Å². The van der Waals surface area contributed by atoms with E-state index in [9.17, 15) is 0 Å². The Kier molecular flexibility index (Phi) is 6.01. The number of nitrogens with zero attached hydrogens (tertiary/aromatic N) is 3. The van der Waals surface area contributed by atoms with Crippen molar-refractivity contribution in [2.24, 2.45) is 17.8 Å². The van der Waals surface area contributed by atoms with Crippen LogP contribution in [-0.2, 0) is 13.6 Å². The molecule has 118 valence electrons. The molecule has 0 spiro atoms. The van der Waals surface area contributed by atoms with Gasteiger partial charge in [-0.2, -0.15) is 0 Å². The van der Waals surface area contributed by atoms with Gasteiger partial charge in [0.15, 0.2) is 0 Å². The molecular formula is C17H26N5+. The quantitative estimate of drug-likeness (QED) is 0.830. The number of aliphatic imine (C=N–C) groups is 1. The zero-order valence-corrected chi connectivity index (χ0v) is 13.5. The fraction of sp³-hybridized carbons (Fsp3) is 0.412. The summed E-state index contributed by atoms with van der Waals surface area (Å²) < 4.78 is 4.16. The summed E-state index contributed by atoms with van der Waals surface area (Å²) in [6.07, 6.45) is 16.5. The van der Waals surface area contributed by atoms with Crippen molar-refractivity contribution in [3.05, 3.63) is 54.3 Å². The van der Waals surface area contributed by atoms with Crippen molar-refractivity contribution in [3.63, 3.8) is 0 Å². The van der Waals surface area contributed by atoms with Gasteiger partial charge < -0.3 is 11.1 Å². The Morgan fingerprint density at radius 2 is 2.27 bits per heavy atom. The van der Waals surface area contributed by atoms with Crippen molar-refractivity contribution < 1.29 is 4.57 Å². The van der Waals surface area contributed by atoms with Crippen molar-refractivity contribution in [2.45, 2.75) is 26.3 Å². The average molecular weight is 300 g/mol. The lowest BCUT2D eigenvalue weighted by atomic mass is 10.2. The van der Waals surface area contributed by atoms with Gasteiger partial charge in [0, 0.05) is 6.54 Å². The monoisotopic (exact) mass is 300 g/mol. The van der Waals surface area contributed by atoms with Gasteiger partial charge in [0.1, 0.15) is 24.8 Å². The van der Waals surface area contributed by atoms with Crippen molar-refractivity contribution in [1.82, 2.24) is 9.88 Å². The molecule has 0 amide bonds. The summed E-state index contributed by atoms with van der Waals surface area (Å²) in [5.74, 6) is 0.806. The van der Waals surface area contributed by atoms with Gasteiger partial charge in [-0.05, 0) is 25.3 Å². The number of rotatable bonds is 3. The minimum absolute atomic E-state index is 0.726. The number of imidazole rings is 1. The van der Waals surface area contributed by atoms with E-state index < -0.39 is 0 Å². The van der Waals surface area contributed by atoms with Gasteiger partial charge in [0.25, 0.3) is 0 Å². The first kappa shape index (κ1) is 16.1. The summed E-state index contributed by atoms with van der Waals surface area (Å²) in [5, 5.41) is 3.38.